The summed E-state index contributed by atoms with van der Waals surface area (Å²) in [5.74, 6) is -3.49. The van der Waals surface area contributed by atoms with Crippen LogP contribution in [-0.2, 0) is 34.0 Å². The van der Waals surface area contributed by atoms with Crippen LogP contribution in [-0.4, -0.2) is 66.0 Å². The molecule has 3 atom stereocenters. The van der Waals surface area contributed by atoms with E-state index in [0.717, 1.165) is 35.7 Å². The fourth-order valence-corrected chi connectivity index (χ4v) is 7.79. The Morgan fingerprint density at radius 3 is 2.09 bits per heavy atom. The van der Waals surface area contributed by atoms with Gasteiger partial charge >= 0.3 is 0 Å². The van der Waals surface area contributed by atoms with Gasteiger partial charge in [-0.1, -0.05) is 76.1 Å². The summed E-state index contributed by atoms with van der Waals surface area (Å²) >= 11 is 0. The van der Waals surface area contributed by atoms with Crippen molar-refractivity contribution in [1.29, 1.82) is 0 Å². The Morgan fingerprint density at radius 1 is 0.872 bits per heavy atom. The summed E-state index contributed by atoms with van der Waals surface area (Å²) in [6.07, 6.45) is 1.42. The second-order valence-electron chi connectivity index (χ2n) is 12.0. The molecule has 0 saturated carbocycles. The van der Waals surface area contributed by atoms with Crippen LogP contribution in [0.5, 0.6) is 0 Å². The fraction of sp³-hybridized carbons (Fsp3) is 0.444. The van der Waals surface area contributed by atoms with E-state index in [9.17, 15) is 31.9 Å². The molecule has 3 rings (SSSR count). The largest absolute Gasteiger partial charge is 0.390 e. The summed E-state index contributed by atoms with van der Waals surface area (Å²) in [7, 11) is -3.85. The Kier molecular flexibility index (Phi) is 14.5. The molecule has 0 aromatic heterocycles. The number of aliphatic hydroxyl groups excluding tert-OH is 1. The second kappa shape index (κ2) is 18.0. The molecular weight excluding hydrogens is 624 g/mol. The molecule has 0 spiro atoms. The third kappa shape index (κ3) is 11.5. The summed E-state index contributed by atoms with van der Waals surface area (Å²) < 4.78 is 55.1. The van der Waals surface area contributed by atoms with E-state index in [1.165, 1.54) is 4.90 Å². The average molecular weight is 672 g/mol. The van der Waals surface area contributed by atoms with Crippen LogP contribution in [0, 0.1) is 11.6 Å². The van der Waals surface area contributed by atoms with Gasteiger partial charge in [0.05, 0.1) is 17.1 Å². The minimum Gasteiger partial charge on any atom is -0.390 e. The van der Waals surface area contributed by atoms with E-state index in [4.69, 9.17) is 5.73 Å². The van der Waals surface area contributed by atoms with Gasteiger partial charge in [-0.05, 0) is 66.6 Å². The zero-order valence-electron chi connectivity index (χ0n) is 27.4. The molecule has 0 saturated heterocycles. The number of nitrogens with two attached hydrogens (primary N) is 1. The number of rotatable bonds is 18. The van der Waals surface area contributed by atoms with Crippen molar-refractivity contribution < 1.29 is 31.9 Å². The molecule has 1 unspecified atom stereocenters. The van der Waals surface area contributed by atoms with E-state index >= 15 is 0 Å². The highest BCUT2D eigenvalue weighted by Gasteiger charge is 2.35. The number of nitrogens with one attached hydrogen (secondary N) is 1. The van der Waals surface area contributed by atoms with E-state index in [1.54, 1.807) is 30.3 Å². The van der Waals surface area contributed by atoms with Crippen molar-refractivity contribution in [3.05, 3.63) is 107 Å². The van der Waals surface area contributed by atoms with Gasteiger partial charge in [0.2, 0.25) is 5.91 Å². The zero-order valence-corrected chi connectivity index (χ0v) is 28.2. The van der Waals surface area contributed by atoms with Gasteiger partial charge < -0.3 is 21.1 Å². The number of halogens is 2. The molecule has 0 aliphatic carbocycles. The van der Waals surface area contributed by atoms with Crippen molar-refractivity contribution in [2.45, 2.75) is 89.3 Å². The number of aliphatic hydroxyl groups is 1. The number of amides is 2. The Hall–Kier alpha value is -3.67. The van der Waals surface area contributed by atoms with Crippen molar-refractivity contribution >= 4 is 21.7 Å². The van der Waals surface area contributed by atoms with Crippen molar-refractivity contribution in [2.75, 3.05) is 12.3 Å². The van der Waals surface area contributed by atoms with Crippen LogP contribution in [0.4, 0.5) is 8.78 Å². The molecule has 0 bridgehead atoms. The van der Waals surface area contributed by atoms with Gasteiger partial charge in [-0.15, -0.1) is 0 Å². The zero-order chi connectivity index (χ0) is 34.6. The number of nitrogens with zero attached hydrogens (tertiary/aromatic N) is 1. The minimum absolute atomic E-state index is 0.00382. The van der Waals surface area contributed by atoms with Crippen LogP contribution in [0.15, 0.2) is 72.8 Å². The molecule has 8 nitrogen and oxygen atoms in total. The van der Waals surface area contributed by atoms with Gasteiger partial charge in [0.15, 0.2) is 9.84 Å². The number of hydrogen-bond acceptors (Lipinski definition) is 6. The lowest BCUT2D eigenvalue weighted by Crippen LogP contribution is -2.55. The van der Waals surface area contributed by atoms with Crippen molar-refractivity contribution in [3.63, 3.8) is 0 Å². The van der Waals surface area contributed by atoms with Crippen LogP contribution in [0.25, 0.3) is 0 Å². The third-order valence-electron chi connectivity index (χ3n) is 8.15. The Balaban J connectivity index is 1.98. The SMILES string of the molecule is CCCC(CCC)S(=O)(=O)CC(NC(=O)c1ccccc1)C(=O)N(Cc1cccc(CC)c1)C[C@@H](O)[C@@H](N)Cc1cc(F)cc(F)c1. The van der Waals surface area contributed by atoms with Gasteiger partial charge in [-0.25, -0.2) is 17.2 Å². The summed E-state index contributed by atoms with van der Waals surface area (Å²) in [6, 6.07) is 16.2. The molecule has 11 heteroatoms. The fourth-order valence-electron chi connectivity index (χ4n) is 5.64. The number of hydrogen-bond donors (Lipinski definition) is 3. The summed E-state index contributed by atoms with van der Waals surface area (Å²) in [6.45, 7) is 5.46. The first kappa shape index (κ1) is 37.8. The van der Waals surface area contributed by atoms with Gasteiger partial charge in [-0.2, -0.15) is 0 Å². The molecule has 4 N–H and O–H groups in total. The summed E-state index contributed by atoms with van der Waals surface area (Å²) in [5, 5.41) is 13.2. The second-order valence-corrected chi connectivity index (χ2v) is 14.4. The van der Waals surface area contributed by atoms with Crippen LogP contribution in [0.3, 0.4) is 0 Å². The van der Waals surface area contributed by atoms with Crippen molar-refractivity contribution in [1.82, 2.24) is 10.2 Å². The number of carbonyl (C=O) groups is 2. The summed E-state index contributed by atoms with van der Waals surface area (Å²) in [5.41, 5.74) is 8.52. The standard InChI is InChI=1S/C36H47F2N3O5S/c1-4-11-31(12-5-2)47(45,46)24-33(40-35(43)28-15-8-7-9-16-28)36(44)41(22-26-14-10-13-25(6-3)17-26)23-34(42)32(39)20-27-18-29(37)21-30(38)19-27/h7-10,13-19,21,31-34,42H,4-6,11-12,20,22-24,39H2,1-3H3,(H,40,43)/t32-,33?,34+/m0/s1. The number of benzene rings is 3. The normalized spacial score (nSPS) is 13.6. The molecule has 2 amide bonds. The van der Waals surface area contributed by atoms with E-state index in [2.05, 4.69) is 5.32 Å². The molecule has 47 heavy (non-hydrogen) atoms. The average Bonchev–Trinajstić information content (AvgIpc) is 3.03. The van der Waals surface area contributed by atoms with E-state index in [1.807, 2.05) is 45.0 Å². The highest BCUT2D eigenvalue weighted by atomic mass is 32.2. The Labute approximate surface area is 277 Å². The summed E-state index contributed by atoms with van der Waals surface area (Å²) in [4.78, 5) is 29.0. The molecule has 0 heterocycles. The molecule has 256 valence electrons. The Bertz CT molecular complexity index is 1550. The molecule has 0 fully saturated rings. The highest BCUT2D eigenvalue weighted by Crippen LogP contribution is 2.20. The highest BCUT2D eigenvalue weighted by molar-refractivity contribution is 7.92. The van der Waals surface area contributed by atoms with E-state index < -0.39 is 62.5 Å². The Morgan fingerprint density at radius 2 is 1.49 bits per heavy atom. The number of aryl methyl sites for hydroxylation is 1. The monoisotopic (exact) mass is 671 g/mol. The molecule has 3 aromatic rings. The van der Waals surface area contributed by atoms with Gasteiger partial charge in [0, 0.05) is 30.8 Å². The van der Waals surface area contributed by atoms with E-state index in [0.29, 0.717) is 25.7 Å². The minimum atomic E-state index is -3.85. The van der Waals surface area contributed by atoms with Crippen LogP contribution < -0.4 is 11.1 Å². The van der Waals surface area contributed by atoms with Crippen LogP contribution in [0.2, 0.25) is 0 Å². The van der Waals surface area contributed by atoms with Gasteiger partial charge in [0.1, 0.15) is 17.7 Å². The van der Waals surface area contributed by atoms with Crippen LogP contribution in [0.1, 0.15) is 73.5 Å². The molecular formula is C36H47F2N3O5S. The number of carbonyl (C=O) groups excluding carboxylic acids is 2. The van der Waals surface area contributed by atoms with Crippen molar-refractivity contribution in [3.8, 4) is 0 Å². The van der Waals surface area contributed by atoms with Crippen LogP contribution >= 0.6 is 0 Å². The predicted molar refractivity (Wildman–Crippen MR) is 180 cm³/mol. The van der Waals surface area contributed by atoms with Gasteiger partial charge in [0.25, 0.3) is 5.91 Å². The first-order valence-corrected chi connectivity index (χ1v) is 17.9. The molecule has 0 aliphatic rings. The molecule has 0 radical (unpaired) electrons. The van der Waals surface area contributed by atoms with Crippen molar-refractivity contribution in [2.24, 2.45) is 5.73 Å². The molecule has 0 aliphatic heterocycles. The first-order valence-electron chi connectivity index (χ1n) is 16.2. The first-order chi connectivity index (χ1) is 22.4. The number of sulfone groups is 1. The molecule has 3 aromatic carbocycles. The maximum absolute atomic E-state index is 14.4. The smallest absolute Gasteiger partial charge is 0.251 e. The van der Waals surface area contributed by atoms with E-state index in [-0.39, 0.29) is 30.6 Å². The maximum atomic E-state index is 14.4. The quantitative estimate of drug-likeness (QED) is 0.175. The third-order valence-corrected chi connectivity index (χ3v) is 10.4. The topological polar surface area (TPSA) is 130 Å². The maximum Gasteiger partial charge on any atom is 0.251 e. The lowest BCUT2D eigenvalue weighted by Gasteiger charge is -2.32. The lowest BCUT2D eigenvalue weighted by atomic mass is 10.0. The lowest BCUT2D eigenvalue weighted by molar-refractivity contribution is -0.135. The predicted octanol–water partition coefficient (Wildman–Crippen LogP) is 4.97. The van der Waals surface area contributed by atoms with Gasteiger partial charge in [-0.3, -0.25) is 9.59 Å².